The fourth-order valence-electron chi connectivity index (χ4n) is 6.83. The van der Waals surface area contributed by atoms with Gasteiger partial charge >= 0.3 is 0 Å². The van der Waals surface area contributed by atoms with Gasteiger partial charge < -0.3 is 0 Å². The van der Waals surface area contributed by atoms with Crippen molar-refractivity contribution in [2.45, 2.75) is 0 Å². The van der Waals surface area contributed by atoms with Gasteiger partial charge in [0.15, 0.2) is 8.07 Å². The Labute approximate surface area is 217 Å². The highest BCUT2D eigenvalue weighted by molar-refractivity contribution is 7.22. The predicted octanol–water partition coefficient (Wildman–Crippen LogP) is 6.50. The van der Waals surface area contributed by atoms with Crippen molar-refractivity contribution in [3.63, 3.8) is 0 Å². The zero-order valence-corrected chi connectivity index (χ0v) is 21.4. The molecule has 1 aliphatic rings. The van der Waals surface area contributed by atoms with Crippen molar-refractivity contribution in [2.75, 3.05) is 0 Å². The molecule has 0 nitrogen and oxygen atoms in total. The number of benzene rings is 7. The van der Waals surface area contributed by atoms with Crippen LogP contribution in [0.1, 0.15) is 0 Å². The Balaban J connectivity index is 1.68. The highest BCUT2D eigenvalue weighted by atomic mass is 28.3. The number of fused-ring (bicyclic) bond motifs is 9. The van der Waals surface area contributed by atoms with Gasteiger partial charge in [-0.1, -0.05) is 146 Å². The van der Waals surface area contributed by atoms with Gasteiger partial charge in [-0.15, -0.1) is 0 Å². The second-order valence-corrected chi connectivity index (χ2v) is 13.8. The van der Waals surface area contributed by atoms with Gasteiger partial charge in [-0.3, -0.25) is 0 Å². The Kier molecular flexibility index (Phi) is 4.35. The molecule has 1 heterocycles. The molecule has 172 valence electrons. The van der Waals surface area contributed by atoms with Crippen molar-refractivity contribution >= 4 is 61.1 Å². The first kappa shape index (κ1) is 20.7. The predicted molar refractivity (Wildman–Crippen MR) is 162 cm³/mol. The molecule has 0 N–H and O–H groups in total. The lowest BCUT2D eigenvalue weighted by Gasteiger charge is -2.31. The van der Waals surface area contributed by atoms with Crippen LogP contribution in [-0.2, 0) is 0 Å². The summed E-state index contributed by atoms with van der Waals surface area (Å²) in [5.41, 5.74) is 2.86. The van der Waals surface area contributed by atoms with Gasteiger partial charge in [0.25, 0.3) is 0 Å². The lowest BCUT2D eigenvalue weighted by atomic mass is 9.91. The van der Waals surface area contributed by atoms with E-state index >= 15 is 0 Å². The minimum absolute atomic E-state index is 1.30. The Morgan fingerprint density at radius 1 is 0.324 bits per heavy atom. The van der Waals surface area contributed by atoms with Crippen molar-refractivity contribution in [3.8, 4) is 11.1 Å². The monoisotopic (exact) mass is 484 g/mol. The first-order valence-corrected chi connectivity index (χ1v) is 15.0. The molecule has 0 saturated heterocycles. The Bertz CT molecular complexity index is 1930. The second-order valence-electron chi connectivity index (χ2n) is 10.1. The third-order valence-electron chi connectivity index (χ3n) is 8.31. The highest BCUT2D eigenvalue weighted by Crippen LogP contribution is 2.41. The molecule has 0 aliphatic carbocycles. The molecule has 1 heteroatoms. The van der Waals surface area contributed by atoms with Gasteiger partial charge in [-0.2, -0.15) is 0 Å². The fraction of sp³-hybridized carbons (Fsp3) is 0. The molecule has 0 saturated carbocycles. The lowest BCUT2D eigenvalue weighted by molar-refractivity contribution is 1.71. The molecular weight excluding hydrogens is 460 g/mol. The van der Waals surface area contributed by atoms with Crippen LogP contribution in [0.5, 0.6) is 0 Å². The van der Waals surface area contributed by atoms with Gasteiger partial charge in [-0.25, -0.2) is 0 Å². The zero-order chi connectivity index (χ0) is 24.4. The molecule has 0 bridgehead atoms. The molecule has 0 aromatic heterocycles. The van der Waals surface area contributed by atoms with E-state index in [2.05, 4.69) is 146 Å². The summed E-state index contributed by atoms with van der Waals surface area (Å²) in [4.78, 5) is 0. The molecule has 0 amide bonds. The van der Waals surface area contributed by atoms with E-state index in [1.54, 1.807) is 0 Å². The summed E-state index contributed by atoms with van der Waals surface area (Å²) in [6, 6.07) is 54.5. The summed E-state index contributed by atoms with van der Waals surface area (Å²) in [7, 11) is -2.55. The van der Waals surface area contributed by atoms with E-state index in [0.717, 1.165) is 0 Å². The largest absolute Gasteiger partial charge is 0.180 e. The summed E-state index contributed by atoms with van der Waals surface area (Å²) in [5.74, 6) is 0. The maximum Gasteiger partial charge on any atom is 0.180 e. The third kappa shape index (κ3) is 2.72. The average molecular weight is 485 g/mol. The zero-order valence-electron chi connectivity index (χ0n) is 20.4. The second kappa shape index (κ2) is 7.77. The smallest absolute Gasteiger partial charge is 0.0623 e. The lowest BCUT2D eigenvalue weighted by Crippen LogP contribution is -2.72. The van der Waals surface area contributed by atoms with E-state index < -0.39 is 8.07 Å². The van der Waals surface area contributed by atoms with Crippen LogP contribution in [0.3, 0.4) is 0 Å². The molecule has 8 rings (SSSR count). The van der Waals surface area contributed by atoms with E-state index in [4.69, 9.17) is 0 Å². The van der Waals surface area contributed by atoms with Gasteiger partial charge in [0, 0.05) is 0 Å². The van der Waals surface area contributed by atoms with Crippen LogP contribution < -0.4 is 20.7 Å². The standard InChI is InChI=1S/C36H24Si/c1-3-13-28(14-4-1)37(29-15-5-2-6-16-29)32-23-21-26-12-8-10-18-31(26)35(32)36-33(37)24-22-27-20-19-25-11-7-9-17-30(25)34(27)36/h1-24H. The molecule has 7 aromatic carbocycles. The summed E-state index contributed by atoms with van der Waals surface area (Å²) in [6.07, 6.45) is 0. The van der Waals surface area contributed by atoms with Gasteiger partial charge in [-0.05, 0) is 64.2 Å². The first-order chi connectivity index (χ1) is 18.4. The van der Waals surface area contributed by atoms with Gasteiger partial charge in [0.05, 0.1) is 0 Å². The maximum atomic E-state index is 2.45. The summed E-state index contributed by atoms with van der Waals surface area (Å²) in [5, 5.41) is 13.9. The van der Waals surface area contributed by atoms with Crippen LogP contribution in [0.25, 0.3) is 43.4 Å². The molecule has 7 aromatic rings. The van der Waals surface area contributed by atoms with E-state index in [0.29, 0.717) is 0 Å². The van der Waals surface area contributed by atoms with Crippen molar-refractivity contribution in [3.05, 3.63) is 146 Å². The summed E-state index contributed by atoms with van der Waals surface area (Å²) in [6.45, 7) is 0. The maximum absolute atomic E-state index is 2.55. The van der Waals surface area contributed by atoms with Crippen molar-refractivity contribution < 1.29 is 0 Å². The van der Waals surface area contributed by atoms with Crippen LogP contribution >= 0.6 is 0 Å². The quantitative estimate of drug-likeness (QED) is 0.194. The van der Waals surface area contributed by atoms with Crippen LogP contribution in [-0.4, -0.2) is 8.07 Å². The molecule has 0 spiro atoms. The number of hydrogen-bond donors (Lipinski definition) is 0. The first-order valence-electron chi connectivity index (χ1n) is 13.0. The van der Waals surface area contributed by atoms with Crippen LogP contribution in [0.2, 0.25) is 0 Å². The van der Waals surface area contributed by atoms with E-state index in [9.17, 15) is 0 Å². The molecule has 0 unspecified atom stereocenters. The molecular formula is C36H24Si. The van der Waals surface area contributed by atoms with E-state index in [-0.39, 0.29) is 0 Å². The third-order valence-corrected chi connectivity index (χ3v) is 13.2. The SMILES string of the molecule is c1ccc([Si]2(c3ccccc3)c3ccc4ccccc4c3-c3c2ccc2ccc4ccccc4c32)cc1. The minimum atomic E-state index is -2.55. The Hall–Kier alpha value is -4.46. The van der Waals surface area contributed by atoms with Gasteiger partial charge in [0.2, 0.25) is 0 Å². The Morgan fingerprint density at radius 2 is 0.784 bits per heavy atom. The normalized spacial score (nSPS) is 13.6. The summed E-state index contributed by atoms with van der Waals surface area (Å²) < 4.78 is 0. The van der Waals surface area contributed by atoms with E-state index in [1.807, 2.05) is 0 Å². The molecule has 0 radical (unpaired) electrons. The minimum Gasteiger partial charge on any atom is -0.0623 e. The fourth-order valence-corrected chi connectivity index (χ4v) is 12.0. The van der Waals surface area contributed by atoms with Crippen molar-refractivity contribution in [2.24, 2.45) is 0 Å². The number of rotatable bonds is 2. The van der Waals surface area contributed by atoms with Gasteiger partial charge in [0.1, 0.15) is 0 Å². The van der Waals surface area contributed by atoms with E-state index in [1.165, 1.54) is 64.2 Å². The van der Waals surface area contributed by atoms with Crippen molar-refractivity contribution in [1.29, 1.82) is 0 Å². The Morgan fingerprint density at radius 3 is 1.46 bits per heavy atom. The number of hydrogen-bond acceptors (Lipinski definition) is 0. The average Bonchev–Trinajstić information content (AvgIpc) is 3.29. The topological polar surface area (TPSA) is 0 Å². The highest BCUT2D eigenvalue weighted by Gasteiger charge is 2.49. The van der Waals surface area contributed by atoms with Crippen LogP contribution in [0, 0.1) is 0 Å². The molecule has 1 aliphatic heterocycles. The molecule has 0 atom stereocenters. The van der Waals surface area contributed by atoms with Crippen LogP contribution in [0.4, 0.5) is 0 Å². The van der Waals surface area contributed by atoms with Crippen LogP contribution in [0.15, 0.2) is 146 Å². The molecule has 0 fully saturated rings. The van der Waals surface area contributed by atoms with Crippen molar-refractivity contribution in [1.82, 2.24) is 0 Å². The summed E-state index contributed by atoms with van der Waals surface area (Å²) >= 11 is 0. The molecule has 37 heavy (non-hydrogen) atoms.